The van der Waals surface area contributed by atoms with Crippen LogP contribution in [0.1, 0.15) is 27.5 Å². The smallest absolute Gasteiger partial charge is 0.344 e. The fourth-order valence-corrected chi connectivity index (χ4v) is 2.02. The summed E-state index contributed by atoms with van der Waals surface area (Å²) in [5.41, 5.74) is 5.85. The molecule has 0 aliphatic heterocycles. The number of halogens is 3. The van der Waals surface area contributed by atoms with Crippen LogP contribution in [0, 0.1) is 0 Å². The Morgan fingerprint density at radius 2 is 1.64 bits per heavy atom. The molecule has 2 aromatic rings. The minimum Gasteiger partial charge on any atom is -0.344 e. The van der Waals surface area contributed by atoms with Crippen LogP contribution in [0.4, 0.5) is 13.2 Å². The lowest BCUT2D eigenvalue weighted by molar-refractivity contribution is -0.137. The van der Waals surface area contributed by atoms with Gasteiger partial charge in [-0.3, -0.25) is 4.79 Å². The van der Waals surface area contributed by atoms with Crippen LogP contribution in [0.2, 0.25) is 0 Å². The van der Waals surface area contributed by atoms with Crippen molar-refractivity contribution >= 4 is 5.91 Å². The van der Waals surface area contributed by atoms with Crippen LogP contribution in [0.3, 0.4) is 0 Å². The molecule has 0 saturated heterocycles. The second-order valence-electron chi connectivity index (χ2n) is 4.75. The van der Waals surface area contributed by atoms with E-state index in [-0.39, 0.29) is 12.1 Å². The van der Waals surface area contributed by atoms with Crippen LogP contribution >= 0.6 is 0 Å². The molecule has 22 heavy (non-hydrogen) atoms. The van der Waals surface area contributed by atoms with Crippen LogP contribution in [0.25, 0.3) is 0 Å². The number of hydrogen-bond acceptors (Lipinski definition) is 2. The standard InChI is InChI=1S/C16H15F3N2O/c17-16(18,19)13-8-6-12(7-9-13)15(22)21-14(10-20)11-4-2-1-3-5-11/h1-9,14H,10,20H2,(H,21,22). The third-order valence-electron chi connectivity index (χ3n) is 3.22. The number of carbonyl (C=O) groups excluding carboxylic acids is 1. The first-order valence-electron chi connectivity index (χ1n) is 6.65. The van der Waals surface area contributed by atoms with Crippen LogP contribution in [0.5, 0.6) is 0 Å². The summed E-state index contributed by atoms with van der Waals surface area (Å²) in [5, 5.41) is 2.71. The number of hydrogen-bond donors (Lipinski definition) is 2. The lowest BCUT2D eigenvalue weighted by atomic mass is 10.1. The fraction of sp³-hybridized carbons (Fsp3) is 0.188. The normalized spacial score (nSPS) is 12.7. The molecule has 0 spiro atoms. The molecule has 1 unspecified atom stereocenters. The number of amides is 1. The average Bonchev–Trinajstić information content (AvgIpc) is 2.52. The van der Waals surface area contributed by atoms with E-state index in [1.165, 1.54) is 0 Å². The first-order valence-corrected chi connectivity index (χ1v) is 6.65. The number of nitrogens with two attached hydrogens (primary N) is 1. The molecule has 1 amide bonds. The lowest BCUT2D eigenvalue weighted by Gasteiger charge is -2.17. The summed E-state index contributed by atoms with van der Waals surface area (Å²) >= 11 is 0. The number of rotatable bonds is 4. The second-order valence-corrected chi connectivity index (χ2v) is 4.75. The lowest BCUT2D eigenvalue weighted by Crippen LogP contribution is -2.33. The predicted molar refractivity (Wildman–Crippen MR) is 77.1 cm³/mol. The van der Waals surface area contributed by atoms with Gasteiger partial charge in [0.2, 0.25) is 0 Å². The van der Waals surface area contributed by atoms with Crippen molar-refractivity contribution < 1.29 is 18.0 Å². The van der Waals surface area contributed by atoms with Gasteiger partial charge in [0.1, 0.15) is 0 Å². The van der Waals surface area contributed by atoms with Gasteiger partial charge in [-0.1, -0.05) is 30.3 Å². The van der Waals surface area contributed by atoms with Crippen LogP contribution < -0.4 is 11.1 Å². The van der Waals surface area contributed by atoms with Crippen LogP contribution in [-0.2, 0) is 6.18 Å². The molecule has 2 rings (SSSR count). The third-order valence-corrected chi connectivity index (χ3v) is 3.22. The largest absolute Gasteiger partial charge is 0.416 e. The zero-order chi connectivity index (χ0) is 16.2. The van der Waals surface area contributed by atoms with Crippen molar-refractivity contribution in [3.05, 3.63) is 71.3 Å². The van der Waals surface area contributed by atoms with Gasteiger partial charge in [-0.2, -0.15) is 13.2 Å². The Labute approximate surface area is 125 Å². The minimum atomic E-state index is -4.42. The molecule has 3 N–H and O–H groups in total. The van der Waals surface area contributed by atoms with Crippen molar-refractivity contribution in [3.8, 4) is 0 Å². The molecular formula is C16H15F3N2O. The van der Waals surface area contributed by atoms with Gasteiger partial charge in [-0.25, -0.2) is 0 Å². The Bertz CT molecular complexity index is 624. The van der Waals surface area contributed by atoms with Crippen molar-refractivity contribution in [1.29, 1.82) is 0 Å². The highest BCUT2D eigenvalue weighted by atomic mass is 19.4. The summed E-state index contributed by atoms with van der Waals surface area (Å²) in [5.74, 6) is -0.465. The monoisotopic (exact) mass is 308 g/mol. The first kappa shape index (κ1) is 16.0. The molecule has 116 valence electrons. The molecule has 3 nitrogen and oxygen atoms in total. The summed E-state index contributed by atoms with van der Waals surface area (Å²) in [6.07, 6.45) is -4.42. The molecule has 6 heteroatoms. The Hall–Kier alpha value is -2.34. The van der Waals surface area contributed by atoms with Crippen molar-refractivity contribution in [3.63, 3.8) is 0 Å². The summed E-state index contributed by atoms with van der Waals surface area (Å²) in [7, 11) is 0. The van der Waals surface area contributed by atoms with E-state index in [1.807, 2.05) is 30.3 Å². The fourth-order valence-electron chi connectivity index (χ4n) is 2.02. The molecule has 0 fully saturated rings. The quantitative estimate of drug-likeness (QED) is 0.911. The third kappa shape index (κ3) is 3.85. The Kier molecular flexibility index (Phi) is 4.82. The summed E-state index contributed by atoms with van der Waals surface area (Å²) in [4.78, 5) is 12.1. The maximum atomic E-state index is 12.5. The van der Waals surface area contributed by atoms with Gasteiger partial charge in [0.25, 0.3) is 5.91 Å². The van der Waals surface area contributed by atoms with E-state index in [2.05, 4.69) is 5.32 Å². The van der Waals surface area contributed by atoms with E-state index < -0.39 is 23.7 Å². The van der Waals surface area contributed by atoms with Crippen LogP contribution in [0.15, 0.2) is 54.6 Å². The molecule has 0 heterocycles. The molecule has 0 saturated carbocycles. The molecule has 0 aliphatic rings. The summed E-state index contributed by atoms with van der Waals surface area (Å²) in [6.45, 7) is 0.191. The van der Waals surface area contributed by atoms with E-state index >= 15 is 0 Å². The van der Waals surface area contributed by atoms with Gasteiger partial charge in [0.15, 0.2) is 0 Å². The topological polar surface area (TPSA) is 55.1 Å². The van der Waals surface area contributed by atoms with E-state index in [4.69, 9.17) is 5.73 Å². The van der Waals surface area contributed by atoms with Gasteiger partial charge in [-0.15, -0.1) is 0 Å². The van der Waals surface area contributed by atoms with Gasteiger partial charge < -0.3 is 11.1 Å². The van der Waals surface area contributed by atoms with E-state index in [0.717, 1.165) is 29.8 Å². The Morgan fingerprint density at radius 1 is 1.05 bits per heavy atom. The predicted octanol–water partition coefficient (Wildman–Crippen LogP) is 3.14. The SMILES string of the molecule is NCC(NC(=O)c1ccc(C(F)(F)F)cc1)c1ccccc1. The van der Waals surface area contributed by atoms with Gasteiger partial charge in [-0.05, 0) is 29.8 Å². The number of benzene rings is 2. The highest BCUT2D eigenvalue weighted by Crippen LogP contribution is 2.29. The van der Waals surface area contributed by atoms with E-state index in [0.29, 0.717) is 0 Å². The maximum Gasteiger partial charge on any atom is 0.416 e. The van der Waals surface area contributed by atoms with Crippen LogP contribution in [-0.4, -0.2) is 12.5 Å². The average molecular weight is 308 g/mol. The first-order chi connectivity index (χ1) is 10.4. The molecule has 0 bridgehead atoms. The zero-order valence-electron chi connectivity index (χ0n) is 11.6. The maximum absolute atomic E-state index is 12.5. The summed E-state index contributed by atoms with van der Waals surface area (Å²) in [6, 6.07) is 12.8. The van der Waals surface area contributed by atoms with Crippen molar-refractivity contribution in [2.24, 2.45) is 5.73 Å². The number of alkyl halides is 3. The highest BCUT2D eigenvalue weighted by Gasteiger charge is 2.30. The van der Waals surface area contributed by atoms with Gasteiger partial charge in [0.05, 0.1) is 11.6 Å². The summed E-state index contributed by atoms with van der Waals surface area (Å²) < 4.78 is 37.5. The van der Waals surface area contributed by atoms with Crippen molar-refractivity contribution in [2.45, 2.75) is 12.2 Å². The highest BCUT2D eigenvalue weighted by molar-refractivity contribution is 5.94. The number of nitrogens with one attached hydrogen (secondary N) is 1. The Balaban J connectivity index is 2.11. The molecule has 2 aromatic carbocycles. The minimum absolute atomic E-state index is 0.155. The Morgan fingerprint density at radius 3 is 2.14 bits per heavy atom. The van der Waals surface area contributed by atoms with E-state index in [1.54, 1.807) is 0 Å². The molecule has 0 aliphatic carbocycles. The van der Waals surface area contributed by atoms with Gasteiger partial charge >= 0.3 is 6.18 Å². The van der Waals surface area contributed by atoms with E-state index in [9.17, 15) is 18.0 Å². The molecule has 0 aromatic heterocycles. The molecular weight excluding hydrogens is 293 g/mol. The molecule has 1 atom stereocenters. The van der Waals surface area contributed by atoms with Crippen molar-refractivity contribution in [2.75, 3.05) is 6.54 Å². The van der Waals surface area contributed by atoms with Gasteiger partial charge in [0, 0.05) is 12.1 Å². The molecule has 0 radical (unpaired) electrons. The second kappa shape index (κ2) is 6.62. The number of carbonyl (C=O) groups is 1. The van der Waals surface area contributed by atoms with Crippen molar-refractivity contribution in [1.82, 2.24) is 5.32 Å². The zero-order valence-corrected chi connectivity index (χ0v) is 11.6.